The van der Waals surface area contributed by atoms with Crippen LogP contribution < -0.4 is 5.32 Å². The van der Waals surface area contributed by atoms with Gasteiger partial charge in [-0.1, -0.05) is 0 Å². The molecule has 0 spiro atoms. The van der Waals surface area contributed by atoms with Crippen LogP contribution >= 0.6 is 0 Å². The van der Waals surface area contributed by atoms with Crippen LogP contribution in [0.15, 0.2) is 0 Å². The van der Waals surface area contributed by atoms with Gasteiger partial charge in [-0.25, -0.2) is 0 Å². The number of hydrogen-bond donors (Lipinski definition) is 1. The summed E-state index contributed by atoms with van der Waals surface area (Å²) in [5.74, 6) is -0.233. The Kier molecular flexibility index (Phi) is 5.25. The van der Waals surface area contributed by atoms with Gasteiger partial charge < -0.3 is 10.1 Å². The standard InChI is InChI=1S/C11H20N2O3/c1-3-12-10(14)8-13-7-5-6-9(13)11(15)16-4-2/h9H,3-8H2,1-2H3,(H,12,14). The molecule has 1 amide bonds. The summed E-state index contributed by atoms with van der Waals surface area (Å²) in [5.41, 5.74) is 0. The summed E-state index contributed by atoms with van der Waals surface area (Å²) in [5, 5.41) is 2.73. The van der Waals surface area contributed by atoms with E-state index in [0.717, 1.165) is 19.4 Å². The second kappa shape index (κ2) is 6.48. The molecule has 1 aliphatic heterocycles. The van der Waals surface area contributed by atoms with Crippen molar-refractivity contribution in [1.82, 2.24) is 10.2 Å². The van der Waals surface area contributed by atoms with E-state index in [-0.39, 0.29) is 24.5 Å². The second-order valence-corrected chi connectivity index (χ2v) is 3.83. The largest absolute Gasteiger partial charge is 0.465 e. The molecule has 1 fully saturated rings. The second-order valence-electron chi connectivity index (χ2n) is 3.83. The molecule has 1 rings (SSSR count). The number of likely N-dealkylation sites (tertiary alicyclic amines) is 1. The van der Waals surface area contributed by atoms with Crippen LogP contribution in [0.25, 0.3) is 0 Å². The Morgan fingerprint density at radius 2 is 2.19 bits per heavy atom. The Hall–Kier alpha value is -1.10. The number of nitrogens with zero attached hydrogens (tertiary/aromatic N) is 1. The highest BCUT2D eigenvalue weighted by atomic mass is 16.5. The molecule has 5 heteroatoms. The molecule has 0 aromatic rings. The Morgan fingerprint density at radius 3 is 2.81 bits per heavy atom. The minimum atomic E-state index is -0.234. The van der Waals surface area contributed by atoms with E-state index < -0.39 is 0 Å². The molecule has 0 aliphatic carbocycles. The quantitative estimate of drug-likeness (QED) is 0.680. The zero-order valence-corrected chi connectivity index (χ0v) is 9.99. The molecule has 1 unspecified atom stereocenters. The van der Waals surface area contributed by atoms with Crippen molar-refractivity contribution in [2.45, 2.75) is 32.7 Å². The van der Waals surface area contributed by atoms with E-state index in [0.29, 0.717) is 13.2 Å². The van der Waals surface area contributed by atoms with Crippen LogP contribution in [0.1, 0.15) is 26.7 Å². The molecule has 92 valence electrons. The molecular formula is C11H20N2O3. The molecule has 1 saturated heterocycles. The lowest BCUT2D eigenvalue weighted by Gasteiger charge is -2.21. The molecule has 5 nitrogen and oxygen atoms in total. The maximum atomic E-state index is 11.6. The first-order valence-electron chi connectivity index (χ1n) is 5.86. The fraction of sp³-hybridized carbons (Fsp3) is 0.818. The van der Waals surface area contributed by atoms with Gasteiger partial charge in [0.2, 0.25) is 5.91 Å². The van der Waals surface area contributed by atoms with E-state index >= 15 is 0 Å². The summed E-state index contributed by atoms with van der Waals surface area (Å²) in [6.45, 7) is 5.77. The summed E-state index contributed by atoms with van der Waals surface area (Å²) < 4.78 is 4.99. The molecule has 1 heterocycles. The van der Waals surface area contributed by atoms with Crippen molar-refractivity contribution in [3.8, 4) is 0 Å². The molecule has 0 aromatic heterocycles. The van der Waals surface area contributed by atoms with Gasteiger partial charge >= 0.3 is 5.97 Å². The minimum Gasteiger partial charge on any atom is -0.465 e. The Bertz CT molecular complexity index is 256. The molecule has 1 aliphatic rings. The van der Waals surface area contributed by atoms with E-state index in [4.69, 9.17) is 4.74 Å². The monoisotopic (exact) mass is 228 g/mol. The number of likely N-dealkylation sites (N-methyl/N-ethyl adjacent to an activating group) is 1. The molecule has 0 bridgehead atoms. The fourth-order valence-corrected chi connectivity index (χ4v) is 1.96. The van der Waals surface area contributed by atoms with Crippen molar-refractivity contribution in [1.29, 1.82) is 0 Å². The highest BCUT2D eigenvalue weighted by Crippen LogP contribution is 2.17. The number of esters is 1. The van der Waals surface area contributed by atoms with E-state index in [1.165, 1.54) is 0 Å². The van der Waals surface area contributed by atoms with Crippen LogP contribution in [0.2, 0.25) is 0 Å². The van der Waals surface area contributed by atoms with Crippen LogP contribution in [0, 0.1) is 0 Å². The van der Waals surface area contributed by atoms with Crippen molar-refractivity contribution in [2.24, 2.45) is 0 Å². The summed E-state index contributed by atoms with van der Waals surface area (Å²) in [6, 6.07) is -0.234. The molecule has 0 radical (unpaired) electrons. The van der Waals surface area contributed by atoms with Gasteiger partial charge in [0, 0.05) is 6.54 Å². The van der Waals surface area contributed by atoms with Crippen LogP contribution in [0.5, 0.6) is 0 Å². The topological polar surface area (TPSA) is 58.6 Å². The maximum absolute atomic E-state index is 11.6. The third-order valence-electron chi connectivity index (χ3n) is 2.64. The normalized spacial score (nSPS) is 20.8. The maximum Gasteiger partial charge on any atom is 0.323 e. The van der Waals surface area contributed by atoms with Gasteiger partial charge in [-0.3, -0.25) is 14.5 Å². The predicted molar refractivity (Wildman–Crippen MR) is 59.9 cm³/mol. The van der Waals surface area contributed by atoms with Gasteiger partial charge in [0.25, 0.3) is 0 Å². The van der Waals surface area contributed by atoms with Crippen LogP contribution in [-0.2, 0) is 14.3 Å². The molecular weight excluding hydrogens is 208 g/mol. The van der Waals surface area contributed by atoms with Crippen molar-refractivity contribution >= 4 is 11.9 Å². The third kappa shape index (κ3) is 3.48. The summed E-state index contributed by atoms with van der Waals surface area (Å²) in [6.07, 6.45) is 1.74. The summed E-state index contributed by atoms with van der Waals surface area (Å²) in [7, 11) is 0. The SMILES string of the molecule is CCNC(=O)CN1CCCC1C(=O)OCC. The molecule has 16 heavy (non-hydrogen) atoms. The molecule has 1 atom stereocenters. The summed E-state index contributed by atoms with van der Waals surface area (Å²) in [4.78, 5) is 24.9. The Morgan fingerprint density at radius 1 is 1.44 bits per heavy atom. The Labute approximate surface area is 96.1 Å². The number of nitrogens with one attached hydrogen (secondary N) is 1. The number of amides is 1. The van der Waals surface area contributed by atoms with Crippen LogP contribution in [-0.4, -0.2) is 49.1 Å². The minimum absolute atomic E-state index is 0.0290. The first-order chi connectivity index (χ1) is 7.69. The number of rotatable bonds is 5. The number of carbonyl (C=O) groups is 2. The van der Waals surface area contributed by atoms with E-state index in [2.05, 4.69) is 5.32 Å². The predicted octanol–water partition coefficient (Wildman–Crippen LogP) is 0.150. The zero-order chi connectivity index (χ0) is 12.0. The molecule has 1 N–H and O–H groups in total. The van der Waals surface area contributed by atoms with Crippen molar-refractivity contribution < 1.29 is 14.3 Å². The molecule has 0 saturated carbocycles. The smallest absolute Gasteiger partial charge is 0.323 e. The van der Waals surface area contributed by atoms with Crippen LogP contribution in [0.4, 0.5) is 0 Å². The number of carbonyl (C=O) groups excluding carboxylic acids is 2. The van der Waals surface area contributed by atoms with Gasteiger partial charge in [-0.15, -0.1) is 0 Å². The van der Waals surface area contributed by atoms with E-state index in [9.17, 15) is 9.59 Å². The highest BCUT2D eigenvalue weighted by Gasteiger charge is 2.32. The first-order valence-corrected chi connectivity index (χ1v) is 5.86. The summed E-state index contributed by atoms with van der Waals surface area (Å²) >= 11 is 0. The highest BCUT2D eigenvalue weighted by molar-refractivity contribution is 5.80. The van der Waals surface area contributed by atoms with E-state index in [1.54, 1.807) is 6.92 Å². The van der Waals surface area contributed by atoms with E-state index in [1.807, 2.05) is 11.8 Å². The fourth-order valence-electron chi connectivity index (χ4n) is 1.96. The number of ether oxygens (including phenoxy) is 1. The lowest BCUT2D eigenvalue weighted by molar-refractivity contribution is -0.148. The Balaban J connectivity index is 2.45. The van der Waals surface area contributed by atoms with Crippen molar-refractivity contribution in [3.05, 3.63) is 0 Å². The average molecular weight is 228 g/mol. The van der Waals surface area contributed by atoms with Gasteiger partial charge in [0.05, 0.1) is 13.2 Å². The average Bonchev–Trinajstić information content (AvgIpc) is 2.66. The first kappa shape index (κ1) is 13.0. The lowest BCUT2D eigenvalue weighted by atomic mass is 10.2. The van der Waals surface area contributed by atoms with Gasteiger partial charge in [0.1, 0.15) is 6.04 Å². The molecule has 0 aromatic carbocycles. The zero-order valence-electron chi connectivity index (χ0n) is 9.99. The third-order valence-corrected chi connectivity index (χ3v) is 2.64. The van der Waals surface area contributed by atoms with Gasteiger partial charge in [-0.2, -0.15) is 0 Å². The van der Waals surface area contributed by atoms with Gasteiger partial charge in [-0.05, 0) is 33.2 Å². The van der Waals surface area contributed by atoms with Gasteiger partial charge in [0.15, 0.2) is 0 Å². The van der Waals surface area contributed by atoms with Crippen molar-refractivity contribution in [2.75, 3.05) is 26.2 Å². The lowest BCUT2D eigenvalue weighted by Crippen LogP contribution is -2.43. The van der Waals surface area contributed by atoms with Crippen LogP contribution in [0.3, 0.4) is 0 Å². The van der Waals surface area contributed by atoms with Crippen molar-refractivity contribution in [3.63, 3.8) is 0 Å². The number of hydrogen-bond acceptors (Lipinski definition) is 4.